The number of ether oxygens (including phenoxy) is 1. The van der Waals surface area contributed by atoms with E-state index >= 15 is 0 Å². The molecule has 1 rings (SSSR count). The van der Waals surface area contributed by atoms with Gasteiger partial charge in [-0.05, 0) is 12.1 Å². The van der Waals surface area contributed by atoms with Crippen LogP contribution in [0.1, 0.15) is 17.9 Å². The molecule has 5 nitrogen and oxygen atoms in total. The maximum Gasteiger partial charge on any atom is 0.292 e. The Labute approximate surface area is 123 Å². The van der Waals surface area contributed by atoms with Crippen LogP contribution in [0, 0.1) is 11.6 Å². The molecule has 1 atom stereocenters. The van der Waals surface area contributed by atoms with Crippen LogP contribution in [-0.2, 0) is 14.3 Å². The van der Waals surface area contributed by atoms with Crippen LogP contribution in [0.15, 0.2) is 16.6 Å². The summed E-state index contributed by atoms with van der Waals surface area (Å²) in [5.41, 5.74) is 2.20. The Hall–Kier alpha value is -1.38. The van der Waals surface area contributed by atoms with Crippen molar-refractivity contribution < 1.29 is 23.1 Å². The smallest absolute Gasteiger partial charge is 0.292 e. The highest BCUT2D eigenvalue weighted by molar-refractivity contribution is 9.10. The van der Waals surface area contributed by atoms with Gasteiger partial charge in [0, 0.05) is 28.9 Å². The zero-order chi connectivity index (χ0) is 15.5. The number of methoxy groups -OCH3 is 1. The number of nitrogens with one attached hydrogen (secondary N) is 1. The van der Waals surface area contributed by atoms with Gasteiger partial charge in [0.15, 0.2) is 0 Å². The molecule has 0 spiro atoms. The van der Waals surface area contributed by atoms with Gasteiger partial charge in [0.05, 0.1) is 7.11 Å². The van der Waals surface area contributed by atoms with Gasteiger partial charge in [-0.15, -0.1) is 0 Å². The van der Waals surface area contributed by atoms with Gasteiger partial charge in [0.2, 0.25) is 0 Å². The molecule has 0 amide bonds. The average Bonchev–Trinajstić information content (AvgIpc) is 2.38. The lowest BCUT2D eigenvalue weighted by Crippen LogP contribution is -2.29. The Balaban J connectivity index is 0.000000796. The highest BCUT2D eigenvalue weighted by Crippen LogP contribution is 2.27. The Morgan fingerprint density at radius 3 is 2.25 bits per heavy atom. The maximum absolute atomic E-state index is 13.6. The lowest BCUT2D eigenvalue weighted by atomic mass is 9.95. The van der Waals surface area contributed by atoms with Gasteiger partial charge in [-0.25, -0.2) is 8.78 Å². The van der Waals surface area contributed by atoms with E-state index in [0.717, 1.165) is 12.1 Å². The molecule has 0 aliphatic heterocycles. The number of nitrogens with two attached hydrogens (primary N) is 1. The molecule has 0 fully saturated rings. The molecule has 1 aromatic carbocycles. The van der Waals surface area contributed by atoms with E-state index < -0.39 is 17.6 Å². The van der Waals surface area contributed by atoms with Crippen LogP contribution in [0.25, 0.3) is 0 Å². The molecule has 1 aromatic rings. The molecule has 0 saturated carbocycles. The van der Waals surface area contributed by atoms with E-state index in [0.29, 0.717) is 17.2 Å². The maximum atomic E-state index is 13.6. The third-order valence-electron chi connectivity index (χ3n) is 2.29. The van der Waals surface area contributed by atoms with Crippen LogP contribution in [0.2, 0.25) is 0 Å². The Bertz CT molecular complexity index is 424. The van der Waals surface area contributed by atoms with E-state index in [9.17, 15) is 13.6 Å². The molecular weight excluding hydrogens is 338 g/mol. The molecule has 0 bridgehead atoms. The number of benzene rings is 1. The minimum absolute atomic E-state index is 0.0136. The van der Waals surface area contributed by atoms with Crippen molar-refractivity contribution >= 4 is 28.7 Å². The molecule has 112 valence electrons. The quantitative estimate of drug-likeness (QED) is 0.462. The van der Waals surface area contributed by atoms with E-state index in [1.807, 2.05) is 0 Å². The van der Waals surface area contributed by atoms with Crippen LogP contribution in [0.3, 0.4) is 0 Å². The van der Waals surface area contributed by atoms with Crippen LogP contribution in [0.4, 0.5) is 8.78 Å². The van der Waals surface area contributed by atoms with Crippen molar-refractivity contribution in [1.29, 1.82) is 0 Å². The van der Waals surface area contributed by atoms with E-state index in [4.69, 9.17) is 10.6 Å². The Morgan fingerprint density at radius 1 is 1.40 bits per heavy atom. The lowest BCUT2D eigenvalue weighted by Gasteiger charge is -2.15. The summed E-state index contributed by atoms with van der Waals surface area (Å²) in [7, 11) is 1.31. The van der Waals surface area contributed by atoms with Gasteiger partial charge in [0.1, 0.15) is 17.9 Å². The van der Waals surface area contributed by atoms with Gasteiger partial charge in [0.25, 0.3) is 6.47 Å². The summed E-state index contributed by atoms with van der Waals surface area (Å²) in [5, 5.41) is 0. The van der Waals surface area contributed by atoms with E-state index in [1.54, 1.807) is 0 Å². The molecule has 20 heavy (non-hydrogen) atoms. The molecule has 3 N–H and O–H groups in total. The Morgan fingerprint density at radius 2 is 1.90 bits per heavy atom. The van der Waals surface area contributed by atoms with Crippen LogP contribution in [0.5, 0.6) is 0 Å². The minimum Gasteiger partial charge on any atom is -0.471 e. The van der Waals surface area contributed by atoms with E-state index in [2.05, 4.69) is 26.1 Å². The number of aldehydes is 1. The summed E-state index contributed by atoms with van der Waals surface area (Å²) in [5.74, 6) is 3.13. The highest BCUT2D eigenvalue weighted by atomic mass is 79.9. The fraction of sp³-hybridized carbons (Fsp3) is 0.333. The highest BCUT2D eigenvalue weighted by Gasteiger charge is 2.20. The molecule has 0 heterocycles. The first-order valence-electron chi connectivity index (χ1n) is 5.49. The second-order valence-electron chi connectivity index (χ2n) is 3.62. The molecule has 0 aliphatic carbocycles. The molecule has 0 saturated heterocycles. The first-order chi connectivity index (χ1) is 9.51. The fourth-order valence-corrected chi connectivity index (χ4v) is 1.91. The number of rotatable bonds is 6. The summed E-state index contributed by atoms with van der Waals surface area (Å²) in [4.78, 5) is 19.4. The summed E-state index contributed by atoms with van der Waals surface area (Å²) in [6.07, 6.45) is 0.628. The molecule has 0 aliphatic rings. The standard InChI is InChI=1S/C10H11BrF2N2O.C2H4O2/c11-7-3-8(12)10(9(13)4-7)6(1-2-16)5-15-14;1-4-2-3/h2-4,6,15H,1,5,14H2;2H,1H3/t6-;/m0./s1. The number of hydrogen-bond acceptors (Lipinski definition) is 5. The average molecular weight is 353 g/mol. The van der Waals surface area contributed by atoms with E-state index in [-0.39, 0.29) is 18.5 Å². The van der Waals surface area contributed by atoms with Crippen LogP contribution < -0.4 is 11.3 Å². The van der Waals surface area contributed by atoms with Crippen LogP contribution >= 0.6 is 15.9 Å². The number of hydrogen-bond donors (Lipinski definition) is 2. The largest absolute Gasteiger partial charge is 0.471 e. The minimum atomic E-state index is -0.686. The first-order valence-corrected chi connectivity index (χ1v) is 6.29. The fourth-order valence-electron chi connectivity index (χ4n) is 1.51. The lowest BCUT2D eigenvalue weighted by molar-refractivity contribution is -0.126. The zero-order valence-electron chi connectivity index (χ0n) is 10.7. The van der Waals surface area contributed by atoms with Crippen molar-refractivity contribution in [3.05, 3.63) is 33.8 Å². The number of carbonyl (C=O) groups is 2. The van der Waals surface area contributed by atoms with Crippen molar-refractivity contribution in [2.24, 2.45) is 5.84 Å². The zero-order valence-corrected chi connectivity index (χ0v) is 12.3. The first kappa shape index (κ1) is 18.6. The van der Waals surface area contributed by atoms with Crippen molar-refractivity contribution in [3.63, 3.8) is 0 Å². The summed E-state index contributed by atoms with van der Waals surface area (Å²) >= 11 is 2.98. The monoisotopic (exact) mass is 352 g/mol. The van der Waals surface area contributed by atoms with Crippen molar-refractivity contribution in [1.82, 2.24) is 5.43 Å². The number of carbonyl (C=O) groups excluding carboxylic acids is 2. The van der Waals surface area contributed by atoms with Crippen molar-refractivity contribution in [2.75, 3.05) is 13.7 Å². The number of hydrazine groups is 1. The third-order valence-corrected chi connectivity index (χ3v) is 2.75. The Kier molecular flexibility index (Phi) is 9.69. The van der Waals surface area contributed by atoms with Crippen molar-refractivity contribution in [3.8, 4) is 0 Å². The summed E-state index contributed by atoms with van der Waals surface area (Å²) in [6, 6.07) is 2.32. The van der Waals surface area contributed by atoms with Gasteiger partial charge < -0.3 is 9.53 Å². The van der Waals surface area contributed by atoms with Gasteiger partial charge in [-0.2, -0.15) is 0 Å². The SMILES string of the molecule is COC=O.NNC[C@H](CC=O)c1c(F)cc(Br)cc1F. The second-order valence-corrected chi connectivity index (χ2v) is 4.54. The summed E-state index contributed by atoms with van der Waals surface area (Å²) in [6.45, 7) is 0.508. The van der Waals surface area contributed by atoms with Gasteiger partial charge >= 0.3 is 0 Å². The predicted molar refractivity (Wildman–Crippen MR) is 72.7 cm³/mol. The molecule has 0 radical (unpaired) electrons. The molecule has 0 unspecified atom stereocenters. The van der Waals surface area contributed by atoms with Gasteiger partial charge in [-0.3, -0.25) is 16.1 Å². The normalized spacial score (nSPS) is 11.1. The molecular formula is C12H15BrF2N2O3. The topological polar surface area (TPSA) is 81.4 Å². The molecule has 0 aromatic heterocycles. The van der Waals surface area contributed by atoms with E-state index in [1.165, 1.54) is 7.11 Å². The van der Waals surface area contributed by atoms with Gasteiger partial charge in [-0.1, -0.05) is 15.9 Å². The number of halogens is 3. The van der Waals surface area contributed by atoms with Crippen LogP contribution in [-0.4, -0.2) is 26.4 Å². The van der Waals surface area contributed by atoms with Crippen molar-refractivity contribution in [2.45, 2.75) is 12.3 Å². The predicted octanol–water partition coefficient (Wildman–Crippen LogP) is 1.65. The second kappa shape index (κ2) is 10.4. The third kappa shape index (κ3) is 6.18. The summed E-state index contributed by atoms with van der Waals surface area (Å²) < 4.78 is 31.3. The molecule has 8 heteroatoms.